The number of methoxy groups -OCH3 is 1. The molecule has 2 atom stereocenters. The number of carbonyl (C=O) groups excluding carboxylic acids is 2. The minimum atomic E-state index is -3.56. The first kappa shape index (κ1) is 38.6. The van der Waals surface area contributed by atoms with Crippen LogP contribution in [0.3, 0.4) is 0 Å². The minimum Gasteiger partial charge on any atom is -0.505 e. The maximum Gasteiger partial charge on any atom is 0.531 e. The van der Waals surface area contributed by atoms with E-state index >= 15 is 4.79 Å². The second-order valence-electron chi connectivity index (χ2n) is 17.0. The monoisotopic (exact) mass is 876 g/mol. The van der Waals surface area contributed by atoms with Gasteiger partial charge in [0.25, 0.3) is 0 Å². The van der Waals surface area contributed by atoms with Crippen LogP contribution in [0.2, 0.25) is 0 Å². The quantitative estimate of drug-likeness (QED) is 0.0683. The van der Waals surface area contributed by atoms with E-state index in [1.165, 1.54) is 0 Å². The second kappa shape index (κ2) is 13.7. The Balaban J connectivity index is 1.36. The normalized spacial score (nSPS) is 20.8. The van der Waals surface area contributed by atoms with Crippen LogP contribution in [0.4, 0.5) is 0 Å². The van der Waals surface area contributed by atoms with Crippen LogP contribution in [0, 0.1) is 10.8 Å². The van der Waals surface area contributed by atoms with Crippen molar-refractivity contribution in [1.29, 1.82) is 0 Å². The van der Waals surface area contributed by atoms with Crippen LogP contribution in [-0.4, -0.2) is 33.2 Å². The van der Waals surface area contributed by atoms with Gasteiger partial charge in [-0.2, -0.15) is 0 Å². The summed E-state index contributed by atoms with van der Waals surface area (Å²) in [5.41, 5.74) is 0.479. The molecule has 0 N–H and O–H groups in total. The first-order chi connectivity index (χ1) is 28.9. The predicted octanol–water partition coefficient (Wildman–Crippen LogP) is 10.8. The van der Waals surface area contributed by atoms with E-state index < -0.39 is 31.0 Å². The highest BCUT2D eigenvalue weighted by molar-refractivity contribution is 9.10. The van der Waals surface area contributed by atoms with Crippen LogP contribution in [0.1, 0.15) is 58.6 Å². The number of ether oxygens (including phenoxy) is 3. The van der Waals surface area contributed by atoms with Crippen molar-refractivity contribution in [1.82, 2.24) is 0 Å². The van der Waals surface area contributed by atoms with Crippen molar-refractivity contribution in [3.63, 3.8) is 0 Å². The molecule has 60 heavy (non-hydrogen) atoms. The Labute approximate surface area is 358 Å². The maximum absolute atomic E-state index is 15.1. The van der Waals surface area contributed by atoms with E-state index in [4.69, 9.17) is 23.1 Å². The van der Waals surface area contributed by atoms with Crippen molar-refractivity contribution in [2.75, 3.05) is 7.11 Å². The molecule has 302 valence electrons. The number of benzene rings is 7. The van der Waals surface area contributed by atoms with Crippen LogP contribution < -0.4 is 28.7 Å². The lowest BCUT2D eigenvalue weighted by atomic mass is 9.66. The summed E-state index contributed by atoms with van der Waals surface area (Å²) in [5, 5.41) is 7.18. The highest BCUT2D eigenvalue weighted by Gasteiger charge is 2.76. The predicted molar refractivity (Wildman–Crippen MR) is 242 cm³/mol. The van der Waals surface area contributed by atoms with E-state index in [2.05, 4.69) is 103 Å². The van der Waals surface area contributed by atoms with Crippen molar-refractivity contribution in [2.45, 2.75) is 65.9 Å². The van der Waals surface area contributed by atoms with E-state index in [0.29, 0.717) is 42.9 Å². The lowest BCUT2D eigenvalue weighted by Gasteiger charge is -2.35. The van der Waals surface area contributed by atoms with Crippen molar-refractivity contribution in [3.8, 4) is 34.1 Å². The van der Waals surface area contributed by atoms with Crippen LogP contribution in [0.15, 0.2) is 120 Å². The third kappa shape index (κ3) is 5.11. The number of fused-ring (bicyclic) bond motifs is 11. The zero-order valence-electron chi connectivity index (χ0n) is 34.5. The van der Waals surface area contributed by atoms with Gasteiger partial charge in [0.2, 0.25) is 5.60 Å². The van der Waals surface area contributed by atoms with Gasteiger partial charge in [-0.3, -0.25) is 4.79 Å². The average molecular weight is 878 g/mol. The van der Waals surface area contributed by atoms with E-state index in [1.54, 1.807) is 7.11 Å². The van der Waals surface area contributed by atoms with Crippen LogP contribution in [-0.2, 0) is 27.2 Å². The Morgan fingerprint density at radius 3 is 1.87 bits per heavy atom. The summed E-state index contributed by atoms with van der Waals surface area (Å²) in [6, 6.07) is 39.2. The van der Waals surface area contributed by atoms with Crippen LogP contribution >= 0.6 is 15.9 Å². The zero-order chi connectivity index (χ0) is 41.8. The molecule has 0 radical (unpaired) electrons. The molecule has 0 spiro atoms. The molecular weight excluding hydrogens is 833 g/mol. The van der Waals surface area contributed by atoms with Crippen molar-refractivity contribution in [2.24, 2.45) is 10.8 Å². The molecule has 1 saturated heterocycles. The Hall–Kier alpha value is -5.64. The minimum absolute atomic E-state index is 0.354. The summed E-state index contributed by atoms with van der Waals surface area (Å²) >= 11 is 3.79. The van der Waals surface area contributed by atoms with Gasteiger partial charge < -0.3 is 23.1 Å². The van der Waals surface area contributed by atoms with E-state index in [0.717, 1.165) is 75.2 Å². The number of hydrogen-bond donors (Lipinski definition) is 0. The Morgan fingerprint density at radius 2 is 1.28 bits per heavy atom. The van der Waals surface area contributed by atoms with Gasteiger partial charge in [-0.05, 0) is 79.1 Å². The molecule has 2 fully saturated rings. The van der Waals surface area contributed by atoms with E-state index in [9.17, 15) is 4.79 Å². The van der Waals surface area contributed by atoms with Crippen LogP contribution in [0.25, 0.3) is 43.4 Å². The van der Waals surface area contributed by atoms with Gasteiger partial charge >= 0.3 is 20.5 Å². The molecule has 1 saturated carbocycles. The summed E-state index contributed by atoms with van der Waals surface area (Å²) in [6.45, 7) is 9.99. The third-order valence-corrected chi connectivity index (χ3v) is 17.8. The molecule has 1 aliphatic carbocycles. The zero-order valence-corrected chi connectivity index (χ0v) is 37.1. The molecule has 7 nitrogen and oxygen atoms in total. The van der Waals surface area contributed by atoms with Gasteiger partial charge in [0.1, 0.15) is 23.0 Å². The fourth-order valence-corrected chi connectivity index (χ4v) is 13.8. The van der Waals surface area contributed by atoms with Gasteiger partial charge in [-0.25, -0.2) is 4.79 Å². The maximum atomic E-state index is 15.1. The topological polar surface area (TPSA) is 80.3 Å². The summed E-state index contributed by atoms with van der Waals surface area (Å²) < 4.78 is 35.4. The Morgan fingerprint density at radius 1 is 0.700 bits per heavy atom. The molecule has 7 aromatic carbocycles. The summed E-state index contributed by atoms with van der Waals surface area (Å²) in [4.78, 5) is 28.5. The molecule has 10 rings (SSSR count). The number of halogens is 1. The molecule has 7 aromatic rings. The van der Waals surface area contributed by atoms with Gasteiger partial charge in [-0.1, -0.05) is 129 Å². The largest absolute Gasteiger partial charge is 0.531 e. The molecule has 2 aliphatic heterocycles. The highest BCUT2D eigenvalue weighted by Crippen LogP contribution is 2.66. The van der Waals surface area contributed by atoms with Crippen molar-refractivity contribution >= 4 is 79.1 Å². The smallest absolute Gasteiger partial charge is 0.505 e. The molecule has 0 aromatic heterocycles. The van der Waals surface area contributed by atoms with E-state index in [-0.39, 0.29) is 5.97 Å². The summed E-state index contributed by atoms with van der Waals surface area (Å²) in [5.74, 6) is 1.58. The standard InChI is InChI=1S/C51H45BrO7Si/c1-7-35-36(8-2)46(56-48(54)51-28-27-50(5,47(53)57-51)49(51,3)4)43-37(45(35)55-6)24-20-31-22-26-40-44(41(31)43)42-38-29-32(52)23-19-30(38)21-25-39(42)58-60(59-40,33-15-11-9-12-16-33)34-17-13-10-14-18-34/h9-26,29H,7-8,27-28H2,1-6H3/t50-,51+/m0/s1. The SMILES string of the molecule is CCc1c(CC)c(OC(=O)[C@@]23CC[C@@](C)(C(=O)O2)C3(C)C)c2c(ccc3ccc4c(c32)-c2c(ccc3ccc(Br)cc23)O[Si](c2ccccc2)(c2ccccc2)O4)c1OC. The average Bonchev–Trinajstić information content (AvgIpc) is 3.46. The van der Waals surface area contributed by atoms with Crippen molar-refractivity contribution < 1.29 is 32.7 Å². The second-order valence-corrected chi connectivity index (χ2v) is 20.7. The lowest BCUT2D eigenvalue weighted by Crippen LogP contribution is -2.68. The van der Waals surface area contributed by atoms with Gasteiger partial charge in [0.05, 0.1) is 12.5 Å². The third-order valence-electron chi connectivity index (χ3n) is 14.1. The molecule has 0 amide bonds. The number of esters is 2. The van der Waals surface area contributed by atoms with Gasteiger partial charge in [-0.15, -0.1) is 0 Å². The Bertz CT molecular complexity index is 2910. The van der Waals surface area contributed by atoms with Crippen LogP contribution in [0.5, 0.6) is 23.0 Å². The fraction of sp³-hybridized carbons (Fsp3) is 0.255. The Kier molecular flexibility index (Phi) is 8.80. The highest BCUT2D eigenvalue weighted by atomic mass is 79.9. The molecule has 3 aliphatic rings. The van der Waals surface area contributed by atoms with Gasteiger partial charge in [0, 0.05) is 58.7 Å². The summed E-state index contributed by atoms with van der Waals surface area (Å²) in [6.07, 6.45) is 2.13. The lowest BCUT2D eigenvalue weighted by molar-refractivity contribution is -0.176. The molecule has 0 unspecified atom stereocenters. The number of carbonyl (C=O) groups is 2. The van der Waals surface area contributed by atoms with E-state index in [1.807, 2.05) is 63.2 Å². The van der Waals surface area contributed by atoms with Crippen molar-refractivity contribution in [3.05, 3.63) is 131 Å². The van der Waals surface area contributed by atoms with Gasteiger partial charge in [0.15, 0.2) is 0 Å². The molecule has 9 heteroatoms. The first-order valence-corrected chi connectivity index (χ1v) is 23.3. The summed E-state index contributed by atoms with van der Waals surface area (Å²) in [7, 11) is -1.86. The molecule has 2 bridgehead atoms. The number of hydrogen-bond acceptors (Lipinski definition) is 7. The number of rotatable bonds is 7. The first-order valence-electron chi connectivity index (χ1n) is 20.7. The molecule has 2 heterocycles. The fourth-order valence-electron chi connectivity index (χ4n) is 10.4. The molecular formula is C51H45BrO7Si.